The fraction of sp³-hybridized carbons (Fsp3) is 0.600. The van der Waals surface area contributed by atoms with E-state index in [9.17, 15) is 19.2 Å². The Bertz CT molecular complexity index is 722. The molecule has 9 heteroatoms. The van der Waals surface area contributed by atoms with Crippen LogP contribution in [0.4, 0.5) is 0 Å². The fourth-order valence-corrected chi connectivity index (χ4v) is 4.16. The highest BCUT2D eigenvalue weighted by Crippen LogP contribution is 2.38. The van der Waals surface area contributed by atoms with E-state index in [0.29, 0.717) is 6.42 Å². The van der Waals surface area contributed by atoms with Crippen molar-refractivity contribution in [1.29, 1.82) is 0 Å². The minimum atomic E-state index is -0.773. The van der Waals surface area contributed by atoms with Gasteiger partial charge in [-0.3, -0.25) is 0 Å². The minimum Gasteiger partial charge on any atom is -0.466 e. The molecule has 0 N–H and O–H groups in total. The summed E-state index contributed by atoms with van der Waals surface area (Å²) in [5.41, 5.74) is 0.425. The van der Waals surface area contributed by atoms with Gasteiger partial charge in [0.05, 0.1) is 44.4 Å². The van der Waals surface area contributed by atoms with E-state index in [1.54, 1.807) is 0 Å². The number of alkyl halides is 1. The van der Waals surface area contributed by atoms with Gasteiger partial charge in [0.2, 0.25) is 0 Å². The largest absolute Gasteiger partial charge is 0.466 e. The van der Waals surface area contributed by atoms with Crippen LogP contribution in [0.3, 0.4) is 0 Å². The van der Waals surface area contributed by atoms with Gasteiger partial charge in [0.25, 0.3) is 0 Å². The summed E-state index contributed by atoms with van der Waals surface area (Å²) < 4.78 is 19.5. The van der Waals surface area contributed by atoms with E-state index in [2.05, 4.69) is 15.9 Å². The third kappa shape index (κ3) is 5.91. The highest BCUT2D eigenvalue weighted by Gasteiger charge is 2.38. The fourth-order valence-electron chi connectivity index (χ4n) is 3.38. The first-order valence-corrected chi connectivity index (χ1v) is 10.1. The highest BCUT2D eigenvalue weighted by atomic mass is 79.9. The number of carbonyl (C=O) groups is 4. The van der Waals surface area contributed by atoms with Crippen molar-refractivity contribution in [3.8, 4) is 0 Å². The maximum atomic E-state index is 12.6. The molecule has 0 spiro atoms. The number of esters is 4. The summed E-state index contributed by atoms with van der Waals surface area (Å²) in [6.07, 6.45) is 2.03. The molecule has 0 amide bonds. The second-order valence-corrected chi connectivity index (χ2v) is 7.57. The van der Waals surface area contributed by atoms with Gasteiger partial charge in [-0.15, -0.1) is 0 Å². The van der Waals surface area contributed by atoms with E-state index in [1.165, 1.54) is 28.4 Å². The van der Waals surface area contributed by atoms with Crippen LogP contribution in [-0.4, -0.2) is 57.1 Å². The molecule has 2 atom stereocenters. The molecule has 0 unspecified atom stereocenters. The Morgan fingerprint density at radius 2 is 1.24 bits per heavy atom. The lowest BCUT2D eigenvalue weighted by molar-refractivity contribution is -0.141. The molecular weight excluding hydrogens is 448 g/mol. The molecule has 0 fully saturated rings. The molecule has 0 aromatic heterocycles. The topological polar surface area (TPSA) is 105 Å². The third-order valence-corrected chi connectivity index (χ3v) is 5.57. The zero-order valence-corrected chi connectivity index (χ0v) is 18.9. The maximum absolute atomic E-state index is 12.6. The van der Waals surface area contributed by atoms with Crippen LogP contribution in [0.15, 0.2) is 22.3 Å². The van der Waals surface area contributed by atoms with Crippen molar-refractivity contribution in [2.24, 2.45) is 5.92 Å². The van der Waals surface area contributed by atoms with Crippen LogP contribution < -0.4 is 0 Å². The predicted molar refractivity (Wildman–Crippen MR) is 107 cm³/mol. The molecule has 1 aliphatic carbocycles. The summed E-state index contributed by atoms with van der Waals surface area (Å²) >= 11 is 3.37. The number of carbonyl (C=O) groups excluding carboxylic acids is 4. The highest BCUT2D eigenvalue weighted by molar-refractivity contribution is 9.09. The molecule has 0 aromatic carbocycles. The Labute approximate surface area is 178 Å². The molecule has 0 aliphatic heterocycles. The van der Waals surface area contributed by atoms with E-state index in [0.717, 1.165) is 12.8 Å². The first-order valence-electron chi connectivity index (χ1n) is 9.20. The average Bonchev–Trinajstić information content (AvgIpc) is 2.72. The summed E-state index contributed by atoms with van der Waals surface area (Å²) in [5, 5.41) is 0. The Kier molecular flexibility index (Phi) is 10.1. The Morgan fingerprint density at radius 3 is 1.69 bits per heavy atom. The molecule has 0 saturated heterocycles. The molecular formula is C20H27BrO8. The lowest BCUT2D eigenvalue weighted by Gasteiger charge is -2.28. The smallest absolute Gasteiger partial charge is 0.335 e. The zero-order chi connectivity index (χ0) is 22.1. The van der Waals surface area contributed by atoms with Crippen molar-refractivity contribution in [2.75, 3.05) is 28.4 Å². The molecule has 0 heterocycles. The minimum absolute atomic E-state index is 0.0180. The van der Waals surface area contributed by atoms with Crippen LogP contribution in [0.2, 0.25) is 0 Å². The predicted octanol–water partition coefficient (Wildman–Crippen LogP) is 2.64. The summed E-state index contributed by atoms with van der Waals surface area (Å²) in [7, 11) is 4.85. The molecule has 0 saturated carbocycles. The third-order valence-electron chi connectivity index (χ3n) is 4.79. The Balaban J connectivity index is 3.77. The van der Waals surface area contributed by atoms with Gasteiger partial charge in [0.15, 0.2) is 0 Å². The molecule has 0 aromatic rings. The molecule has 162 valence electrons. The summed E-state index contributed by atoms with van der Waals surface area (Å²) in [4.78, 5) is 49.4. The van der Waals surface area contributed by atoms with Crippen LogP contribution in [0.25, 0.3) is 0 Å². The quantitative estimate of drug-likeness (QED) is 0.315. The van der Waals surface area contributed by atoms with E-state index in [1.807, 2.05) is 6.92 Å². The number of rotatable bonds is 7. The van der Waals surface area contributed by atoms with Crippen molar-refractivity contribution in [3.63, 3.8) is 0 Å². The van der Waals surface area contributed by atoms with Crippen molar-refractivity contribution < 1.29 is 38.1 Å². The number of hydrogen-bond acceptors (Lipinski definition) is 8. The number of hydrogen-bond donors (Lipinski definition) is 0. The number of ether oxygens (including phenoxy) is 4. The van der Waals surface area contributed by atoms with Gasteiger partial charge < -0.3 is 18.9 Å². The van der Waals surface area contributed by atoms with E-state index >= 15 is 0 Å². The monoisotopic (exact) mass is 474 g/mol. The maximum Gasteiger partial charge on any atom is 0.335 e. The summed E-state index contributed by atoms with van der Waals surface area (Å²) in [6, 6.07) is 0. The van der Waals surface area contributed by atoms with Crippen LogP contribution in [0.1, 0.15) is 39.0 Å². The SMILES string of the molecule is CCCC[C@@H]1C/C(C(=O)OC)=C(/C(=O)OC)[C@@H](Br)C/C(C(=O)OC)=C\1C(=O)OC. The van der Waals surface area contributed by atoms with E-state index in [4.69, 9.17) is 18.9 Å². The average molecular weight is 475 g/mol. The lowest BCUT2D eigenvalue weighted by Crippen LogP contribution is -2.30. The van der Waals surface area contributed by atoms with Gasteiger partial charge in [-0.05, 0) is 25.2 Å². The lowest BCUT2D eigenvalue weighted by atomic mass is 9.79. The van der Waals surface area contributed by atoms with Crippen molar-refractivity contribution in [2.45, 2.75) is 43.9 Å². The molecule has 8 nitrogen and oxygen atoms in total. The van der Waals surface area contributed by atoms with Crippen molar-refractivity contribution in [1.82, 2.24) is 0 Å². The standard InChI is InChI=1S/C20H27BrO8/c1-6-7-8-11-9-12(17(22)26-2)16(20(25)29-5)14(21)10-13(18(23)27-3)15(11)19(24)28-4/h11,14H,6-10H2,1-5H3/b15-13-,16-12-/t11-,14+/m1/s1. The first-order chi connectivity index (χ1) is 13.8. The van der Waals surface area contributed by atoms with Crippen LogP contribution in [0, 0.1) is 5.92 Å². The Morgan fingerprint density at radius 1 is 0.793 bits per heavy atom. The van der Waals surface area contributed by atoms with Gasteiger partial charge in [-0.25, -0.2) is 19.2 Å². The second kappa shape index (κ2) is 11.7. The summed E-state index contributed by atoms with van der Waals surface area (Å²) in [5.74, 6) is -3.31. The number of halogens is 1. The van der Waals surface area contributed by atoms with E-state index in [-0.39, 0.29) is 35.1 Å². The molecule has 1 rings (SSSR count). The van der Waals surface area contributed by atoms with Gasteiger partial charge in [-0.2, -0.15) is 0 Å². The number of methoxy groups -OCH3 is 4. The van der Waals surface area contributed by atoms with Gasteiger partial charge in [-0.1, -0.05) is 35.7 Å². The van der Waals surface area contributed by atoms with E-state index < -0.39 is 34.6 Å². The molecule has 0 bridgehead atoms. The van der Waals surface area contributed by atoms with Crippen LogP contribution in [-0.2, 0) is 38.1 Å². The van der Waals surface area contributed by atoms with Gasteiger partial charge in [0.1, 0.15) is 0 Å². The molecule has 29 heavy (non-hydrogen) atoms. The van der Waals surface area contributed by atoms with Gasteiger partial charge >= 0.3 is 23.9 Å². The number of unbranched alkanes of at least 4 members (excludes halogenated alkanes) is 1. The van der Waals surface area contributed by atoms with Crippen molar-refractivity contribution in [3.05, 3.63) is 22.3 Å². The molecule has 0 radical (unpaired) electrons. The Hall–Kier alpha value is -2.16. The second-order valence-electron chi connectivity index (χ2n) is 6.47. The first kappa shape index (κ1) is 24.9. The van der Waals surface area contributed by atoms with Crippen LogP contribution in [0.5, 0.6) is 0 Å². The zero-order valence-electron chi connectivity index (χ0n) is 17.3. The van der Waals surface area contributed by atoms with Gasteiger partial charge in [0, 0.05) is 11.1 Å². The normalized spacial score (nSPS) is 24.8. The summed E-state index contributed by atoms with van der Waals surface area (Å²) in [6.45, 7) is 1.98. The van der Waals surface area contributed by atoms with Crippen LogP contribution >= 0.6 is 15.9 Å². The van der Waals surface area contributed by atoms with Crippen molar-refractivity contribution >= 4 is 39.8 Å². The molecule has 1 aliphatic rings.